The van der Waals surface area contributed by atoms with Gasteiger partial charge in [-0.1, -0.05) is 13.3 Å². The third-order valence-electron chi connectivity index (χ3n) is 2.57. The second-order valence-electron chi connectivity index (χ2n) is 4.75. The van der Waals surface area contributed by atoms with Crippen molar-refractivity contribution in [3.8, 4) is 0 Å². The summed E-state index contributed by atoms with van der Waals surface area (Å²) in [6.07, 6.45) is 3.24. The van der Waals surface area contributed by atoms with E-state index in [1.54, 1.807) is 19.1 Å². The third-order valence-corrected chi connectivity index (χ3v) is 3.98. The molecule has 2 N–H and O–H groups in total. The fraction of sp³-hybridized carbons (Fsp3) is 0.667. The van der Waals surface area contributed by atoms with E-state index in [0.717, 1.165) is 6.42 Å². The zero-order valence-corrected chi connectivity index (χ0v) is 11.7. The molecule has 0 aromatic carbocycles. The zero-order valence-electron chi connectivity index (χ0n) is 10.8. The molecule has 104 valence electrons. The number of nitrogens with one attached hydrogen (secondary N) is 1. The van der Waals surface area contributed by atoms with Crippen LogP contribution in [-0.2, 0) is 16.4 Å². The van der Waals surface area contributed by atoms with Gasteiger partial charge in [-0.3, -0.25) is 0 Å². The standard InChI is InChI=1S/C12H21NO4S/c1-3-4-8-18(15,16)13-10-12(2,14)9-11-6-5-7-17-11/h5-7,13-14H,3-4,8-10H2,1-2H3. The molecule has 0 spiro atoms. The first-order chi connectivity index (χ1) is 8.35. The number of sulfonamides is 1. The summed E-state index contributed by atoms with van der Waals surface area (Å²) in [6.45, 7) is 3.50. The van der Waals surface area contributed by atoms with Crippen LogP contribution in [0, 0.1) is 0 Å². The molecule has 0 fully saturated rings. The quantitative estimate of drug-likeness (QED) is 0.749. The van der Waals surface area contributed by atoms with Gasteiger partial charge in [-0.25, -0.2) is 13.1 Å². The summed E-state index contributed by atoms with van der Waals surface area (Å²) in [5, 5.41) is 10.1. The van der Waals surface area contributed by atoms with E-state index >= 15 is 0 Å². The van der Waals surface area contributed by atoms with Gasteiger partial charge in [0.15, 0.2) is 0 Å². The Morgan fingerprint density at radius 3 is 2.78 bits per heavy atom. The molecular formula is C12H21NO4S. The second kappa shape index (κ2) is 6.36. The van der Waals surface area contributed by atoms with Crippen LogP contribution in [0.5, 0.6) is 0 Å². The molecule has 1 unspecified atom stereocenters. The number of hydrogen-bond acceptors (Lipinski definition) is 4. The van der Waals surface area contributed by atoms with Crippen molar-refractivity contribution >= 4 is 10.0 Å². The summed E-state index contributed by atoms with van der Waals surface area (Å²) >= 11 is 0. The molecule has 0 aliphatic carbocycles. The lowest BCUT2D eigenvalue weighted by Gasteiger charge is -2.22. The minimum absolute atomic E-state index is 0.0141. The number of aliphatic hydroxyl groups is 1. The minimum Gasteiger partial charge on any atom is -0.469 e. The highest BCUT2D eigenvalue weighted by Gasteiger charge is 2.24. The Hall–Kier alpha value is -0.850. The van der Waals surface area contributed by atoms with Crippen LogP contribution in [0.3, 0.4) is 0 Å². The van der Waals surface area contributed by atoms with Crippen LogP contribution in [0.4, 0.5) is 0 Å². The molecule has 5 nitrogen and oxygen atoms in total. The van der Waals surface area contributed by atoms with Gasteiger partial charge in [-0.2, -0.15) is 0 Å². The minimum atomic E-state index is -3.30. The van der Waals surface area contributed by atoms with Crippen LogP contribution in [-0.4, -0.2) is 31.4 Å². The van der Waals surface area contributed by atoms with Crippen molar-refractivity contribution in [1.82, 2.24) is 4.72 Å². The first-order valence-electron chi connectivity index (χ1n) is 6.07. The van der Waals surface area contributed by atoms with E-state index in [0.29, 0.717) is 12.2 Å². The topological polar surface area (TPSA) is 79.5 Å². The third kappa shape index (κ3) is 5.66. The Labute approximate surface area is 108 Å². The van der Waals surface area contributed by atoms with Gasteiger partial charge < -0.3 is 9.52 Å². The predicted molar refractivity (Wildman–Crippen MR) is 69.7 cm³/mol. The van der Waals surface area contributed by atoms with Crippen molar-refractivity contribution in [3.05, 3.63) is 24.2 Å². The van der Waals surface area contributed by atoms with Crippen molar-refractivity contribution in [3.63, 3.8) is 0 Å². The van der Waals surface area contributed by atoms with Crippen molar-refractivity contribution < 1.29 is 17.9 Å². The number of rotatable bonds is 8. The summed E-state index contributed by atoms with van der Waals surface area (Å²) in [5.74, 6) is 0.730. The number of hydrogen-bond donors (Lipinski definition) is 2. The smallest absolute Gasteiger partial charge is 0.211 e. The Kier molecular flexibility index (Phi) is 5.37. The van der Waals surface area contributed by atoms with Gasteiger partial charge in [-0.15, -0.1) is 0 Å². The lowest BCUT2D eigenvalue weighted by molar-refractivity contribution is 0.0603. The Morgan fingerprint density at radius 1 is 1.50 bits per heavy atom. The zero-order chi connectivity index (χ0) is 13.6. The van der Waals surface area contributed by atoms with Gasteiger partial charge in [-0.05, 0) is 25.5 Å². The molecule has 1 atom stereocenters. The van der Waals surface area contributed by atoms with E-state index in [2.05, 4.69) is 4.72 Å². The van der Waals surface area contributed by atoms with Crippen LogP contribution in [0.25, 0.3) is 0 Å². The van der Waals surface area contributed by atoms with Crippen molar-refractivity contribution in [2.45, 2.75) is 38.7 Å². The Balaban J connectivity index is 2.46. The van der Waals surface area contributed by atoms with Crippen LogP contribution in [0.1, 0.15) is 32.4 Å². The fourth-order valence-electron chi connectivity index (χ4n) is 1.52. The van der Waals surface area contributed by atoms with E-state index < -0.39 is 15.6 Å². The molecule has 18 heavy (non-hydrogen) atoms. The van der Waals surface area contributed by atoms with Crippen molar-refractivity contribution in [1.29, 1.82) is 0 Å². The average Bonchev–Trinajstić information content (AvgIpc) is 2.76. The van der Waals surface area contributed by atoms with Crippen LogP contribution < -0.4 is 4.72 Å². The summed E-state index contributed by atoms with van der Waals surface area (Å²) in [5.41, 5.74) is -1.16. The van der Waals surface area contributed by atoms with Crippen LogP contribution >= 0.6 is 0 Å². The fourth-order valence-corrected chi connectivity index (χ4v) is 2.87. The number of furan rings is 1. The van der Waals surface area contributed by atoms with E-state index in [-0.39, 0.29) is 18.7 Å². The maximum absolute atomic E-state index is 11.6. The second-order valence-corrected chi connectivity index (χ2v) is 6.67. The van der Waals surface area contributed by atoms with E-state index in [9.17, 15) is 13.5 Å². The van der Waals surface area contributed by atoms with Gasteiger partial charge in [0, 0.05) is 13.0 Å². The normalized spacial score (nSPS) is 15.5. The predicted octanol–water partition coefficient (Wildman–Crippen LogP) is 1.29. The molecule has 0 amide bonds. The highest BCUT2D eigenvalue weighted by atomic mass is 32.2. The molecule has 0 saturated heterocycles. The molecular weight excluding hydrogens is 254 g/mol. The highest BCUT2D eigenvalue weighted by molar-refractivity contribution is 7.89. The molecule has 0 saturated carbocycles. The van der Waals surface area contributed by atoms with E-state index in [4.69, 9.17) is 4.42 Å². The summed E-state index contributed by atoms with van der Waals surface area (Å²) in [6, 6.07) is 3.48. The maximum Gasteiger partial charge on any atom is 0.211 e. The van der Waals surface area contributed by atoms with Crippen molar-refractivity contribution in [2.75, 3.05) is 12.3 Å². The maximum atomic E-state index is 11.6. The lowest BCUT2D eigenvalue weighted by atomic mass is 10.0. The molecule has 1 rings (SSSR count). The Bertz CT molecular complexity index is 437. The van der Waals surface area contributed by atoms with Gasteiger partial charge >= 0.3 is 0 Å². The molecule has 0 radical (unpaired) electrons. The largest absolute Gasteiger partial charge is 0.469 e. The van der Waals surface area contributed by atoms with Gasteiger partial charge in [0.2, 0.25) is 10.0 Å². The summed E-state index contributed by atoms with van der Waals surface area (Å²) in [4.78, 5) is 0. The monoisotopic (exact) mass is 275 g/mol. The van der Waals surface area contributed by atoms with Crippen LogP contribution in [0.2, 0.25) is 0 Å². The molecule has 6 heteroatoms. The van der Waals surface area contributed by atoms with Crippen molar-refractivity contribution in [2.24, 2.45) is 0 Å². The lowest BCUT2D eigenvalue weighted by Crippen LogP contribution is -2.42. The first kappa shape index (κ1) is 15.2. The summed E-state index contributed by atoms with van der Waals surface area (Å²) < 4.78 is 30.7. The van der Waals surface area contributed by atoms with Crippen LogP contribution in [0.15, 0.2) is 22.8 Å². The molecule has 1 aromatic rings. The SMILES string of the molecule is CCCCS(=O)(=O)NCC(C)(O)Cc1ccco1. The summed E-state index contributed by atoms with van der Waals surface area (Å²) in [7, 11) is -3.30. The molecule has 0 aliphatic rings. The highest BCUT2D eigenvalue weighted by Crippen LogP contribution is 2.13. The van der Waals surface area contributed by atoms with Gasteiger partial charge in [0.25, 0.3) is 0 Å². The van der Waals surface area contributed by atoms with E-state index in [1.165, 1.54) is 6.26 Å². The van der Waals surface area contributed by atoms with Gasteiger partial charge in [0.05, 0.1) is 17.6 Å². The molecule has 1 aromatic heterocycles. The molecule has 1 heterocycles. The first-order valence-corrected chi connectivity index (χ1v) is 7.72. The molecule has 0 bridgehead atoms. The Morgan fingerprint density at radius 2 is 2.22 bits per heavy atom. The number of unbranched alkanes of at least 4 members (excludes halogenated alkanes) is 1. The molecule has 0 aliphatic heterocycles. The van der Waals surface area contributed by atoms with E-state index in [1.807, 2.05) is 6.92 Å². The van der Waals surface area contributed by atoms with Gasteiger partial charge in [0.1, 0.15) is 5.76 Å². The average molecular weight is 275 g/mol.